The number of nitrogens with zero attached hydrogens (tertiary/aromatic N) is 5. The van der Waals surface area contributed by atoms with E-state index in [0.717, 1.165) is 39.3 Å². The minimum absolute atomic E-state index is 0.625. The maximum Gasteiger partial charge on any atom is 0.164 e. The fourth-order valence-electron chi connectivity index (χ4n) is 6.03. The Morgan fingerprint density at radius 1 is 0.457 bits per heavy atom. The van der Waals surface area contributed by atoms with Crippen LogP contribution in [0.5, 0.6) is 0 Å². The maximum absolute atomic E-state index is 4.88. The maximum atomic E-state index is 4.88. The van der Waals surface area contributed by atoms with Gasteiger partial charge in [0.2, 0.25) is 0 Å². The average molecular weight is 592 g/mol. The number of hydrogen-bond donors (Lipinski definition) is 0. The van der Waals surface area contributed by atoms with Crippen LogP contribution in [0.2, 0.25) is 0 Å². The molecule has 0 fully saturated rings. The minimum atomic E-state index is 0.625. The molecule has 2 heterocycles. The smallest absolute Gasteiger partial charge is 0.164 e. The van der Waals surface area contributed by atoms with Crippen molar-refractivity contribution in [3.05, 3.63) is 171 Å². The van der Waals surface area contributed by atoms with Crippen LogP contribution >= 0.6 is 0 Å². The van der Waals surface area contributed by atoms with Crippen LogP contribution < -0.4 is 4.90 Å². The van der Waals surface area contributed by atoms with Gasteiger partial charge in [-0.15, -0.1) is 0 Å². The van der Waals surface area contributed by atoms with Gasteiger partial charge >= 0.3 is 0 Å². The van der Waals surface area contributed by atoms with Crippen molar-refractivity contribution in [2.45, 2.75) is 0 Å². The van der Waals surface area contributed by atoms with Gasteiger partial charge < -0.3 is 9.47 Å². The molecule has 8 aromatic rings. The predicted octanol–water partition coefficient (Wildman–Crippen LogP) is 10.3. The molecule has 0 N–H and O–H groups in total. The highest BCUT2D eigenvalue weighted by atomic mass is 15.1. The van der Waals surface area contributed by atoms with E-state index in [1.807, 2.05) is 72.9 Å². The van der Waals surface area contributed by atoms with Crippen LogP contribution in [0.1, 0.15) is 0 Å². The molecule has 0 atom stereocenters. The molecule has 0 unspecified atom stereocenters. The van der Waals surface area contributed by atoms with E-state index in [0.29, 0.717) is 17.5 Å². The molecule has 0 amide bonds. The van der Waals surface area contributed by atoms with E-state index in [4.69, 9.17) is 15.0 Å². The Hall–Kier alpha value is -6.33. The van der Waals surface area contributed by atoms with E-state index in [-0.39, 0.29) is 0 Å². The topological polar surface area (TPSA) is 46.8 Å². The Balaban J connectivity index is 1.18. The van der Waals surface area contributed by atoms with E-state index in [1.165, 1.54) is 16.3 Å². The van der Waals surface area contributed by atoms with Gasteiger partial charge in [0.1, 0.15) is 0 Å². The van der Waals surface area contributed by atoms with Gasteiger partial charge in [0.15, 0.2) is 17.5 Å². The second-order valence-electron chi connectivity index (χ2n) is 11.0. The Morgan fingerprint density at radius 2 is 0.935 bits per heavy atom. The molecular formula is C41H29N5. The lowest BCUT2D eigenvalue weighted by atomic mass is 10.1. The molecule has 0 bridgehead atoms. The summed E-state index contributed by atoms with van der Waals surface area (Å²) in [5.74, 6) is 1.91. The zero-order valence-electron chi connectivity index (χ0n) is 25.0. The van der Waals surface area contributed by atoms with Crippen molar-refractivity contribution in [1.82, 2.24) is 19.5 Å². The average Bonchev–Trinajstić information content (AvgIpc) is 3.47. The van der Waals surface area contributed by atoms with Gasteiger partial charge in [-0.2, -0.15) is 0 Å². The Bertz CT molecular complexity index is 2250. The third-order valence-electron chi connectivity index (χ3n) is 8.23. The summed E-state index contributed by atoms with van der Waals surface area (Å²) in [7, 11) is 0. The number of anilines is 2. The molecule has 0 aliphatic rings. The highest BCUT2D eigenvalue weighted by molar-refractivity contribution is 6.10. The summed E-state index contributed by atoms with van der Waals surface area (Å²) in [6.07, 6.45) is 1.86. The molecule has 6 aromatic carbocycles. The second kappa shape index (κ2) is 11.6. The summed E-state index contributed by atoms with van der Waals surface area (Å²) in [4.78, 5) is 16.7. The molecule has 5 heteroatoms. The van der Waals surface area contributed by atoms with E-state index in [1.54, 1.807) is 0 Å². The Kier molecular flexibility index (Phi) is 6.89. The molecule has 0 saturated carbocycles. The SMILES string of the molecule is C=CN(c1ccc(-c2nc(-c3ccccc3)nc(-c3ccccc3)n2)cc1)c1ccc2c(c1)c1ccccc1n2-c1ccccc1. The van der Waals surface area contributed by atoms with Crippen LogP contribution in [0.15, 0.2) is 171 Å². The summed E-state index contributed by atoms with van der Waals surface area (Å²) in [5, 5.41) is 2.40. The molecule has 0 aliphatic carbocycles. The first-order chi connectivity index (χ1) is 22.8. The molecule has 218 valence electrons. The number of fused-ring (bicyclic) bond motifs is 3. The van der Waals surface area contributed by atoms with Crippen molar-refractivity contribution in [2.75, 3.05) is 4.90 Å². The standard InChI is InChI=1S/C41H29N5/c1-2-45(34-26-27-38-36(28-34)35-20-12-13-21-37(35)46(38)33-18-10-5-11-19-33)32-24-22-31(23-25-32)41-43-39(29-14-6-3-7-15-29)42-40(44-41)30-16-8-4-9-17-30/h2-28H,1H2. The lowest BCUT2D eigenvalue weighted by molar-refractivity contribution is 1.07. The Morgan fingerprint density at radius 3 is 1.52 bits per heavy atom. The second-order valence-corrected chi connectivity index (χ2v) is 11.0. The summed E-state index contributed by atoms with van der Waals surface area (Å²) in [6.45, 7) is 4.17. The van der Waals surface area contributed by atoms with E-state index in [2.05, 4.69) is 107 Å². The molecular weight excluding hydrogens is 562 g/mol. The molecule has 0 aliphatic heterocycles. The minimum Gasteiger partial charge on any atom is -0.318 e. The fourth-order valence-corrected chi connectivity index (χ4v) is 6.03. The molecule has 0 saturated heterocycles. The zero-order chi connectivity index (χ0) is 30.9. The van der Waals surface area contributed by atoms with Gasteiger partial charge in [0.05, 0.1) is 11.0 Å². The molecule has 2 aromatic heterocycles. The van der Waals surface area contributed by atoms with E-state index >= 15 is 0 Å². The highest BCUT2D eigenvalue weighted by Gasteiger charge is 2.16. The van der Waals surface area contributed by atoms with Crippen LogP contribution in [0.25, 0.3) is 61.7 Å². The van der Waals surface area contributed by atoms with Gasteiger partial charge in [-0.05, 0) is 60.7 Å². The molecule has 46 heavy (non-hydrogen) atoms. The fraction of sp³-hybridized carbons (Fsp3) is 0. The van der Waals surface area contributed by atoms with Crippen LogP contribution in [0, 0.1) is 0 Å². The largest absolute Gasteiger partial charge is 0.318 e. The summed E-state index contributed by atoms with van der Waals surface area (Å²) in [6, 6.07) is 54.0. The van der Waals surface area contributed by atoms with Crippen molar-refractivity contribution < 1.29 is 0 Å². The first-order valence-electron chi connectivity index (χ1n) is 15.2. The van der Waals surface area contributed by atoms with Crippen molar-refractivity contribution in [1.29, 1.82) is 0 Å². The van der Waals surface area contributed by atoms with Gasteiger partial charge in [0.25, 0.3) is 0 Å². The van der Waals surface area contributed by atoms with Gasteiger partial charge in [-0.1, -0.05) is 104 Å². The van der Waals surface area contributed by atoms with Crippen molar-refractivity contribution in [3.63, 3.8) is 0 Å². The molecule has 0 spiro atoms. The number of benzene rings is 6. The van der Waals surface area contributed by atoms with E-state index < -0.39 is 0 Å². The molecule has 5 nitrogen and oxygen atoms in total. The number of para-hydroxylation sites is 2. The normalized spacial score (nSPS) is 11.1. The monoisotopic (exact) mass is 591 g/mol. The number of hydrogen-bond acceptors (Lipinski definition) is 4. The van der Waals surface area contributed by atoms with E-state index in [9.17, 15) is 0 Å². The highest BCUT2D eigenvalue weighted by Crippen LogP contribution is 2.37. The first-order valence-corrected chi connectivity index (χ1v) is 15.2. The summed E-state index contributed by atoms with van der Waals surface area (Å²) < 4.78 is 2.32. The Labute approximate surface area is 267 Å². The van der Waals surface area contributed by atoms with Gasteiger partial charge in [-0.25, -0.2) is 15.0 Å². The zero-order valence-corrected chi connectivity index (χ0v) is 25.0. The molecule has 0 radical (unpaired) electrons. The lowest BCUT2D eigenvalue weighted by Gasteiger charge is -2.21. The van der Waals surface area contributed by atoms with Gasteiger partial charge in [-0.3, -0.25) is 0 Å². The van der Waals surface area contributed by atoms with Crippen molar-refractivity contribution in [3.8, 4) is 39.9 Å². The first kappa shape index (κ1) is 27.2. The summed E-state index contributed by atoms with van der Waals surface area (Å²) >= 11 is 0. The van der Waals surface area contributed by atoms with Crippen LogP contribution in [0.3, 0.4) is 0 Å². The van der Waals surface area contributed by atoms with Crippen LogP contribution in [-0.2, 0) is 0 Å². The van der Waals surface area contributed by atoms with Crippen LogP contribution in [0.4, 0.5) is 11.4 Å². The summed E-state index contributed by atoms with van der Waals surface area (Å²) in [5.41, 5.74) is 8.30. The molecule has 8 rings (SSSR count). The third kappa shape index (κ3) is 4.90. The van der Waals surface area contributed by atoms with Crippen molar-refractivity contribution in [2.24, 2.45) is 0 Å². The quantitative estimate of drug-likeness (QED) is 0.185. The number of rotatable bonds is 7. The number of aromatic nitrogens is 4. The van der Waals surface area contributed by atoms with Crippen LogP contribution in [-0.4, -0.2) is 19.5 Å². The van der Waals surface area contributed by atoms with Gasteiger partial charge in [0, 0.05) is 50.7 Å². The lowest BCUT2D eigenvalue weighted by Crippen LogP contribution is -2.07. The third-order valence-corrected chi connectivity index (χ3v) is 8.23. The van der Waals surface area contributed by atoms with Crippen molar-refractivity contribution >= 4 is 33.2 Å². The predicted molar refractivity (Wildman–Crippen MR) is 189 cm³/mol.